The van der Waals surface area contributed by atoms with Gasteiger partial charge in [0.05, 0.1) is 13.1 Å². The Bertz CT molecular complexity index is 465. The predicted molar refractivity (Wildman–Crippen MR) is 68.4 cm³/mol. The minimum Gasteiger partial charge on any atom is -0.310 e. The molecule has 0 fully saturated rings. The Labute approximate surface area is 108 Å². The molecule has 1 aromatic heterocycles. The SMILES string of the molecule is CCNCc1nnnn1Cc1ccc(Br)cc1. The average molecular weight is 296 g/mol. The fourth-order valence-electron chi connectivity index (χ4n) is 1.47. The Morgan fingerprint density at radius 1 is 1.29 bits per heavy atom. The highest BCUT2D eigenvalue weighted by Gasteiger charge is 2.05. The summed E-state index contributed by atoms with van der Waals surface area (Å²) in [6.45, 7) is 4.36. The van der Waals surface area contributed by atoms with Crippen LogP contribution in [0.2, 0.25) is 0 Å². The second-order valence-electron chi connectivity index (χ2n) is 3.66. The van der Waals surface area contributed by atoms with E-state index in [0.29, 0.717) is 13.1 Å². The molecule has 0 saturated carbocycles. The normalized spacial score (nSPS) is 10.7. The molecule has 1 heterocycles. The summed E-state index contributed by atoms with van der Waals surface area (Å²) in [5.41, 5.74) is 1.18. The molecule has 17 heavy (non-hydrogen) atoms. The third kappa shape index (κ3) is 3.34. The van der Waals surface area contributed by atoms with E-state index in [2.05, 4.69) is 55.8 Å². The summed E-state index contributed by atoms with van der Waals surface area (Å²) in [7, 11) is 0. The number of tetrazole rings is 1. The van der Waals surface area contributed by atoms with Crippen molar-refractivity contribution in [3.63, 3.8) is 0 Å². The first-order valence-electron chi connectivity index (χ1n) is 5.50. The molecule has 0 unspecified atom stereocenters. The lowest BCUT2D eigenvalue weighted by molar-refractivity contribution is 0.588. The van der Waals surface area contributed by atoms with Gasteiger partial charge in [0.2, 0.25) is 0 Å². The van der Waals surface area contributed by atoms with E-state index >= 15 is 0 Å². The van der Waals surface area contributed by atoms with Gasteiger partial charge in [0.15, 0.2) is 5.82 Å². The van der Waals surface area contributed by atoms with Crippen molar-refractivity contribution in [1.29, 1.82) is 0 Å². The monoisotopic (exact) mass is 295 g/mol. The summed E-state index contributed by atoms with van der Waals surface area (Å²) in [6.07, 6.45) is 0. The number of nitrogens with zero attached hydrogens (tertiary/aromatic N) is 4. The van der Waals surface area contributed by atoms with Gasteiger partial charge in [0.1, 0.15) is 0 Å². The van der Waals surface area contributed by atoms with Crippen molar-refractivity contribution in [3.8, 4) is 0 Å². The van der Waals surface area contributed by atoms with E-state index < -0.39 is 0 Å². The molecule has 0 aliphatic carbocycles. The minimum atomic E-state index is 0.694. The van der Waals surface area contributed by atoms with Crippen molar-refractivity contribution in [2.75, 3.05) is 6.54 Å². The maximum absolute atomic E-state index is 4.00. The maximum atomic E-state index is 4.00. The molecule has 0 aliphatic rings. The molecule has 2 rings (SSSR count). The number of hydrogen-bond acceptors (Lipinski definition) is 4. The van der Waals surface area contributed by atoms with Crippen LogP contribution in [0.3, 0.4) is 0 Å². The fourth-order valence-corrected chi connectivity index (χ4v) is 1.74. The molecule has 0 atom stereocenters. The van der Waals surface area contributed by atoms with Crippen LogP contribution in [0.1, 0.15) is 18.3 Å². The van der Waals surface area contributed by atoms with Gasteiger partial charge in [-0.05, 0) is 34.7 Å². The number of aromatic nitrogens is 4. The number of nitrogens with one attached hydrogen (secondary N) is 1. The zero-order valence-corrected chi connectivity index (χ0v) is 11.2. The quantitative estimate of drug-likeness (QED) is 0.910. The van der Waals surface area contributed by atoms with Crippen molar-refractivity contribution in [1.82, 2.24) is 25.5 Å². The second kappa shape index (κ2) is 5.88. The van der Waals surface area contributed by atoms with Gasteiger partial charge in [0.25, 0.3) is 0 Å². The summed E-state index contributed by atoms with van der Waals surface area (Å²) in [4.78, 5) is 0. The molecular weight excluding hydrogens is 282 g/mol. The van der Waals surface area contributed by atoms with Crippen LogP contribution in [0.5, 0.6) is 0 Å². The molecule has 1 aromatic carbocycles. The van der Waals surface area contributed by atoms with Crippen molar-refractivity contribution >= 4 is 15.9 Å². The molecule has 0 amide bonds. The standard InChI is InChI=1S/C11H14BrN5/c1-2-13-7-11-14-15-16-17(11)8-9-3-5-10(12)6-4-9/h3-6,13H,2,7-8H2,1H3. The second-order valence-corrected chi connectivity index (χ2v) is 4.58. The molecule has 0 radical (unpaired) electrons. The number of halogens is 1. The van der Waals surface area contributed by atoms with Gasteiger partial charge >= 0.3 is 0 Å². The lowest BCUT2D eigenvalue weighted by atomic mass is 10.2. The Kier molecular flexibility index (Phi) is 4.22. The van der Waals surface area contributed by atoms with Crippen LogP contribution in [0.15, 0.2) is 28.7 Å². The van der Waals surface area contributed by atoms with Gasteiger partial charge in [-0.15, -0.1) is 5.10 Å². The van der Waals surface area contributed by atoms with E-state index in [0.717, 1.165) is 16.8 Å². The van der Waals surface area contributed by atoms with E-state index in [-0.39, 0.29) is 0 Å². The molecule has 0 aliphatic heterocycles. The zero-order chi connectivity index (χ0) is 12.1. The molecular formula is C11H14BrN5. The summed E-state index contributed by atoms with van der Waals surface area (Å²) in [6, 6.07) is 8.15. The van der Waals surface area contributed by atoms with Gasteiger partial charge in [-0.3, -0.25) is 0 Å². The summed E-state index contributed by atoms with van der Waals surface area (Å²) in [5, 5.41) is 14.9. The minimum absolute atomic E-state index is 0.694. The molecule has 6 heteroatoms. The topological polar surface area (TPSA) is 55.6 Å². The van der Waals surface area contributed by atoms with Crippen molar-refractivity contribution in [2.24, 2.45) is 0 Å². The number of rotatable bonds is 5. The highest BCUT2D eigenvalue weighted by molar-refractivity contribution is 9.10. The van der Waals surface area contributed by atoms with Crippen LogP contribution in [-0.4, -0.2) is 26.8 Å². The zero-order valence-electron chi connectivity index (χ0n) is 9.60. The van der Waals surface area contributed by atoms with E-state index in [1.165, 1.54) is 5.56 Å². The number of benzene rings is 1. The van der Waals surface area contributed by atoms with Crippen molar-refractivity contribution in [3.05, 3.63) is 40.1 Å². The summed E-state index contributed by atoms with van der Waals surface area (Å²) >= 11 is 3.41. The maximum Gasteiger partial charge on any atom is 0.165 e. The van der Waals surface area contributed by atoms with Crippen LogP contribution in [0, 0.1) is 0 Å². The molecule has 5 nitrogen and oxygen atoms in total. The predicted octanol–water partition coefficient (Wildman–Crippen LogP) is 1.59. The summed E-state index contributed by atoms with van der Waals surface area (Å²) < 4.78 is 2.89. The first kappa shape index (κ1) is 12.2. The first-order chi connectivity index (χ1) is 8.29. The smallest absolute Gasteiger partial charge is 0.165 e. The van der Waals surface area contributed by atoms with Crippen LogP contribution in [-0.2, 0) is 13.1 Å². The van der Waals surface area contributed by atoms with Gasteiger partial charge in [-0.2, -0.15) is 0 Å². The van der Waals surface area contributed by atoms with Gasteiger partial charge < -0.3 is 5.32 Å². The molecule has 0 spiro atoms. The Morgan fingerprint density at radius 3 is 2.76 bits per heavy atom. The van der Waals surface area contributed by atoms with Gasteiger partial charge in [-0.25, -0.2) is 4.68 Å². The largest absolute Gasteiger partial charge is 0.310 e. The molecule has 2 aromatic rings. The Balaban J connectivity index is 2.07. The van der Waals surface area contributed by atoms with Crippen molar-refractivity contribution in [2.45, 2.75) is 20.0 Å². The lowest BCUT2D eigenvalue weighted by Crippen LogP contribution is -2.17. The van der Waals surface area contributed by atoms with E-state index in [9.17, 15) is 0 Å². The summed E-state index contributed by atoms with van der Waals surface area (Å²) in [5.74, 6) is 0.856. The Morgan fingerprint density at radius 2 is 2.06 bits per heavy atom. The van der Waals surface area contributed by atoms with Crippen LogP contribution in [0.25, 0.3) is 0 Å². The highest BCUT2D eigenvalue weighted by Crippen LogP contribution is 2.11. The first-order valence-corrected chi connectivity index (χ1v) is 6.29. The third-order valence-electron chi connectivity index (χ3n) is 2.38. The highest BCUT2D eigenvalue weighted by atomic mass is 79.9. The molecule has 0 bridgehead atoms. The van der Waals surface area contributed by atoms with Crippen LogP contribution < -0.4 is 5.32 Å². The van der Waals surface area contributed by atoms with E-state index in [1.54, 1.807) is 0 Å². The molecule has 90 valence electrons. The average Bonchev–Trinajstić information content (AvgIpc) is 2.77. The van der Waals surface area contributed by atoms with E-state index in [4.69, 9.17) is 0 Å². The van der Waals surface area contributed by atoms with Crippen LogP contribution in [0.4, 0.5) is 0 Å². The number of hydrogen-bond donors (Lipinski definition) is 1. The van der Waals surface area contributed by atoms with Gasteiger partial charge in [-0.1, -0.05) is 35.0 Å². The van der Waals surface area contributed by atoms with E-state index in [1.807, 2.05) is 16.8 Å². The van der Waals surface area contributed by atoms with Crippen LogP contribution >= 0.6 is 15.9 Å². The van der Waals surface area contributed by atoms with Gasteiger partial charge in [0, 0.05) is 4.47 Å². The lowest BCUT2D eigenvalue weighted by Gasteiger charge is -2.05. The molecule has 1 N–H and O–H groups in total. The van der Waals surface area contributed by atoms with Crippen molar-refractivity contribution < 1.29 is 0 Å². The molecule has 0 saturated heterocycles. The Hall–Kier alpha value is -1.27. The third-order valence-corrected chi connectivity index (χ3v) is 2.91. The fraction of sp³-hybridized carbons (Fsp3) is 0.364.